The SMILES string of the molecule is OCC1=C[C@H](N[C@H]2[C@H](O)[C@H](O)[C@@H]3OC[C@H]2O3)[C@H](O)[C@@H](O)[C@@H]1O. The van der Waals surface area contributed by atoms with E-state index >= 15 is 0 Å². The van der Waals surface area contributed by atoms with Crippen molar-refractivity contribution in [2.75, 3.05) is 13.2 Å². The Balaban J connectivity index is 1.78. The molecule has 3 rings (SSSR count). The van der Waals surface area contributed by atoms with Gasteiger partial charge in [-0.05, 0) is 5.57 Å². The third kappa shape index (κ3) is 2.58. The Hall–Kier alpha value is -0.620. The first-order valence-corrected chi connectivity index (χ1v) is 7.19. The van der Waals surface area contributed by atoms with Crippen LogP contribution in [-0.4, -0.2) is 98.9 Å². The first-order chi connectivity index (χ1) is 10.4. The summed E-state index contributed by atoms with van der Waals surface area (Å²) in [6, 6.07) is -1.56. The lowest BCUT2D eigenvalue weighted by Gasteiger charge is -2.41. The van der Waals surface area contributed by atoms with Gasteiger partial charge in [-0.3, -0.25) is 0 Å². The molecule has 9 atom stereocenters. The molecule has 2 fully saturated rings. The molecule has 7 N–H and O–H groups in total. The minimum atomic E-state index is -1.47. The van der Waals surface area contributed by atoms with E-state index in [0.717, 1.165) is 0 Å². The maximum atomic E-state index is 10.1. The topological polar surface area (TPSA) is 152 Å². The fourth-order valence-electron chi connectivity index (χ4n) is 3.17. The van der Waals surface area contributed by atoms with Gasteiger partial charge in [0, 0.05) is 0 Å². The highest BCUT2D eigenvalue weighted by atomic mass is 16.7. The van der Waals surface area contributed by atoms with E-state index in [9.17, 15) is 30.6 Å². The number of hydrogen-bond donors (Lipinski definition) is 7. The third-order valence-corrected chi connectivity index (χ3v) is 4.51. The molecule has 3 aliphatic rings. The standard InChI is InChI=1S/C13H21NO8/c15-2-4-1-5(9(17)11(19)8(4)16)14-7-6-3-21-13(22-6)12(20)10(7)18/h1,5-20H,2-3H2/t5-,6+,7+,8+,9-,10-,11-,12-,13+/m0/s1. The van der Waals surface area contributed by atoms with Crippen LogP contribution in [0, 0.1) is 0 Å². The van der Waals surface area contributed by atoms with Crippen LogP contribution in [0.1, 0.15) is 0 Å². The van der Waals surface area contributed by atoms with Gasteiger partial charge in [-0.2, -0.15) is 0 Å². The van der Waals surface area contributed by atoms with Crippen molar-refractivity contribution >= 4 is 0 Å². The molecule has 0 amide bonds. The van der Waals surface area contributed by atoms with Gasteiger partial charge in [0.25, 0.3) is 0 Å². The lowest BCUT2D eigenvalue weighted by atomic mass is 9.86. The van der Waals surface area contributed by atoms with Crippen molar-refractivity contribution in [1.29, 1.82) is 0 Å². The van der Waals surface area contributed by atoms with Crippen LogP contribution in [-0.2, 0) is 9.47 Å². The van der Waals surface area contributed by atoms with E-state index in [2.05, 4.69) is 5.32 Å². The zero-order chi connectivity index (χ0) is 16.0. The Labute approximate surface area is 126 Å². The molecule has 0 aromatic heterocycles. The molecule has 0 aromatic rings. The summed E-state index contributed by atoms with van der Waals surface area (Å²) in [6.45, 7) is -0.287. The summed E-state index contributed by atoms with van der Waals surface area (Å²) in [5.74, 6) is 0. The fourth-order valence-corrected chi connectivity index (χ4v) is 3.17. The Bertz CT molecular complexity index is 446. The summed E-state index contributed by atoms with van der Waals surface area (Å²) >= 11 is 0. The number of rotatable bonds is 3. The van der Waals surface area contributed by atoms with Gasteiger partial charge in [-0.1, -0.05) is 6.08 Å². The normalized spacial score (nSPS) is 51.7. The first kappa shape index (κ1) is 16.2. The van der Waals surface area contributed by atoms with Crippen molar-refractivity contribution in [2.24, 2.45) is 0 Å². The van der Waals surface area contributed by atoms with E-state index in [1.54, 1.807) is 0 Å². The maximum absolute atomic E-state index is 10.1. The molecule has 2 heterocycles. The van der Waals surface area contributed by atoms with Gasteiger partial charge in [0.1, 0.15) is 36.6 Å². The Morgan fingerprint density at radius 2 is 1.77 bits per heavy atom. The molecule has 0 aromatic carbocycles. The quantitative estimate of drug-likeness (QED) is 0.257. The molecule has 9 nitrogen and oxygen atoms in total. The lowest BCUT2D eigenvalue weighted by Crippen LogP contribution is -2.65. The van der Waals surface area contributed by atoms with Crippen LogP contribution in [0.5, 0.6) is 0 Å². The molecule has 0 spiro atoms. The maximum Gasteiger partial charge on any atom is 0.186 e. The summed E-state index contributed by atoms with van der Waals surface area (Å²) in [6.07, 6.45) is -6.53. The predicted molar refractivity (Wildman–Crippen MR) is 70.5 cm³/mol. The van der Waals surface area contributed by atoms with Gasteiger partial charge < -0.3 is 45.4 Å². The van der Waals surface area contributed by atoms with E-state index in [1.165, 1.54) is 6.08 Å². The van der Waals surface area contributed by atoms with Crippen LogP contribution in [0.25, 0.3) is 0 Å². The van der Waals surface area contributed by atoms with E-state index in [1.807, 2.05) is 0 Å². The molecule has 0 unspecified atom stereocenters. The molecule has 0 saturated carbocycles. The monoisotopic (exact) mass is 319 g/mol. The number of aliphatic hydroxyl groups excluding tert-OH is 6. The smallest absolute Gasteiger partial charge is 0.186 e. The lowest BCUT2D eigenvalue weighted by molar-refractivity contribution is -0.204. The fraction of sp³-hybridized carbons (Fsp3) is 0.846. The van der Waals surface area contributed by atoms with Crippen LogP contribution < -0.4 is 5.32 Å². The Kier molecular flexibility index (Phi) is 4.52. The van der Waals surface area contributed by atoms with Crippen molar-refractivity contribution in [3.63, 3.8) is 0 Å². The molecule has 1 aliphatic carbocycles. The molecule has 9 heteroatoms. The van der Waals surface area contributed by atoms with Crippen molar-refractivity contribution in [1.82, 2.24) is 5.32 Å². The number of ether oxygens (including phenoxy) is 2. The zero-order valence-electron chi connectivity index (χ0n) is 11.7. The van der Waals surface area contributed by atoms with Crippen LogP contribution in [0.4, 0.5) is 0 Å². The van der Waals surface area contributed by atoms with Gasteiger partial charge in [0.05, 0.1) is 25.3 Å². The summed E-state index contributed by atoms with van der Waals surface area (Å²) in [7, 11) is 0. The third-order valence-electron chi connectivity index (χ3n) is 4.51. The van der Waals surface area contributed by atoms with Crippen LogP contribution >= 0.6 is 0 Å². The molecule has 2 aliphatic heterocycles. The van der Waals surface area contributed by atoms with E-state index in [-0.39, 0.29) is 12.2 Å². The average molecular weight is 319 g/mol. The number of hydrogen-bond acceptors (Lipinski definition) is 9. The van der Waals surface area contributed by atoms with Crippen molar-refractivity contribution in [3.8, 4) is 0 Å². The largest absolute Gasteiger partial charge is 0.392 e. The predicted octanol–water partition coefficient (Wildman–Crippen LogP) is -4.19. The molecule has 0 radical (unpaired) electrons. The van der Waals surface area contributed by atoms with Crippen molar-refractivity contribution in [2.45, 2.75) is 55.0 Å². The molecule has 2 saturated heterocycles. The van der Waals surface area contributed by atoms with E-state index in [4.69, 9.17) is 9.47 Å². The first-order valence-electron chi connectivity index (χ1n) is 7.19. The second-order valence-corrected chi connectivity index (χ2v) is 5.90. The second-order valence-electron chi connectivity index (χ2n) is 5.90. The highest BCUT2D eigenvalue weighted by Crippen LogP contribution is 2.29. The minimum absolute atomic E-state index is 0.169. The van der Waals surface area contributed by atoms with Gasteiger partial charge in [0.2, 0.25) is 0 Å². The summed E-state index contributed by atoms with van der Waals surface area (Å²) in [5, 5.41) is 61.8. The van der Waals surface area contributed by atoms with Crippen molar-refractivity contribution < 1.29 is 40.1 Å². The van der Waals surface area contributed by atoms with Gasteiger partial charge in [-0.15, -0.1) is 0 Å². The van der Waals surface area contributed by atoms with Gasteiger partial charge in [-0.25, -0.2) is 0 Å². The molecule has 126 valence electrons. The highest BCUT2D eigenvalue weighted by Gasteiger charge is 2.51. The number of fused-ring (bicyclic) bond motifs is 2. The highest BCUT2D eigenvalue weighted by molar-refractivity contribution is 5.22. The molecular formula is C13H21NO8. The number of nitrogens with one attached hydrogen (secondary N) is 1. The van der Waals surface area contributed by atoms with Crippen molar-refractivity contribution in [3.05, 3.63) is 11.6 Å². The van der Waals surface area contributed by atoms with E-state index < -0.39 is 61.6 Å². The average Bonchev–Trinajstić information content (AvgIpc) is 2.96. The van der Waals surface area contributed by atoms with Gasteiger partial charge >= 0.3 is 0 Å². The zero-order valence-corrected chi connectivity index (χ0v) is 11.7. The van der Waals surface area contributed by atoms with Gasteiger partial charge in [0.15, 0.2) is 6.29 Å². The molecule has 22 heavy (non-hydrogen) atoms. The second kappa shape index (κ2) is 6.11. The van der Waals surface area contributed by atoms with Crippen LogP contribution in [0.2, 0.25) is 0 Å². The van der Waals surface area contributed by atoms with Crippen LogP contribution in [0.3, 0.4) is 0 Å². The Morgan fingerprint density at radius 3 is 2.45 bits per heavy atom. The Morgan fingerprint density at radius 1 is 1.05 bits per heavy atom. The number of aliphatic hydroxyl groups is 6. The minimum Gasteiger partial charge on any atom is -0.392 e. The summed E-state index contributed by atoms with van der Waals surface area (Å²) in [4.78, 5) is 0. The van der Waals surface area contributed by atoms with E-state index in [0.29, 0.717) is 0 Å². The molecule has 2 bridgehead atoms. The summed E-state index contributed by atoms with van der Waals surface area (Å²) in [5.41, 5.74) is 0.169. The molecular weight excluding hydrogens is 298 g/mol. The summed E-state index contributed by atoms with van der Waals surface area (Å²) < 4.78 is 10.6. The van der Waals surface area contributed by atoms with Crippen LogP contribution in [0.15, 0.2) is 11.6 Å².